The van der Waals surface area contributed by atoms with E-state index in [-0.39, 0.29) is 11.5 Å². The van der Waals surface area contributed by atoms with Crippen LogP contribution in [-0.4, -0.2) is 38.7 Å². The number of aromatic hydroxyl groups is 2. The van der Waals surface area contributed by atoms with Crippen molar-refractivity contribution in [1.29, 1.82) is 0 Å². The molecule has 0 spiro atoms. The Morgan fingerprint density at radius 1 is 1.19 bits per heavy atom. The number of rotatable bonds is 4. The van der Waals surface area contributed by atoms with E-state index in [9.17, 15) is 10.2 Å². The Bertz CT molecular complexity index is 819. The molecule has 1 aromatic carbocycles. The van der Waals surface area contributed by atoms with Crippen LogP contribution < -0.4 is 4.74 Å². The van der Waals surface area contributed by atoms with Crippen molar-refractivity contribution < 1.29 is 14.9 Å². The van der Waals surface area contributed by atoms with Gasteiger partial charge in [-0.25, -0.2) is 9.97 Å². The average Bonchev–Trinajstić information content (AvgIpc) is 2.71. The van der Waals surface area contributed by atoms with E-state index in [1.54, 1.807) is 12.1 Å². The molecule has 6 nitrogen and oxygen atoms in total. The topological polar surface area (TPSA) is 78.7 Å². The molecule has 1 aromatic heterocycles. The van der Waals surface area contributed by atoms with Crippen LogP contribution in [0.5, 0.6) is 17.2 Å². The molecule has 0 radical (unpaired) electrons. The molecule has 27 heavy (non-hydrogen) atoms. The zero-order valence-electron chi connectivity index (χ0n) is 15.8. The van der Waals surface area contributed by atoms with Crippen molar-refractivity contribution in [3.63, 3.8) is 0 Å². The smallest absolute Gasteiger partial charge is 0.200 e. The van der Waals surface area contributed by atoms with E-state index in [1.165, 1.54) is 50.5 Å². The van der Waals surface area contributed by atoms with Gasteiger partial charge in [0.25, 0.3) is 0 Å². The maximum Gasteiger partial charge on any atom is 0.200 e. The molecule has 0 bridgehead atoms. The summed E-state index contributed by atoms with van der Waals surface area (Å²) in [4.78, 5) is 11.9. The third-order valence-electron chi connectivity index (χ3n) is 5.74. The minimum Gasteiger partial charge on any atom is -0.504 e. The molecular weight excluding hydrogens is 342 g/mol. The van der Waals surface area contributed by atoms with Crippen molar-refractivity contribution in [3.05, 3.63) is 41.0 Å². The van der Waals surface area contributed by atoms with Crippen molar-refractivity contribution in [3.8, 4) is 17.2 Å². The number of phenols is 2. The summed E-state index contributed by atoms with van der Waals surface area (Å²) in [6.07, 6.45) is 9.29. The molecule has 0 unspecified atom stereocenters. The van der Waals surface area contributed by atoms with Crippen LogP contribution in [0.1, 0.15) is 60.7 Å². The first-order valence-electron chi connectivity index (χ1n) is 9.80. The van der Waals surface area contributed by atoms with Gasteiger partial charge in [0.05, 0.1) is 7.11 Å². The van der Waals surface area contributed by atoms with Crippen LogP contribution in [0.4, 0.5) is 0 Å². The van der Waals surface area contributed by atoms with E-state index in [1.807, 2.05) is 6.20 Å². The molecule has 144 valence electrons. The highest BCUT2D eigenvalue weighted by atomic mass is 16.5. The molecule has 2 heterocycles. The molecule has 1 saturated carbocycles. The van der Waals surface area contributed by atoms with E-state index in [4.69, 9.17) is 9.72 Å². The monoisotopic (exact) mass is 369 g/mol. The Kier molecular flexibility index (Phi) is 5.16. The molecule has 2 N–H and O–H groups in total. The lowest BCUT2D eigenvalue weighted by molar-refractivity contribution is 0.241. The quantitative estimate of drug-likeness (QED) is 0.803. The third kappa shape index (κ3) is 3.86. The number of phenolic OH excluding ortho intramolecular Hbond substituents is 2. The van der Waals surface area contributed by atoms with Crippen molar-refractivity contribution in [2.24, 2.45) is 0 Å². The van der Waals surface area contributed by atoms with Crippen LogP contribution in [0.15, 0.2) is 18.3 Å². The Hall–Kier alpha value is -2.34. The first-order valence-corrected chi connectivity index (χ1v) is 9.80. The highest BCUT2D eigenvalue weighted by molar-refractivity contribution is 5.51. The molecule has 0 saturated heterocycles. The molecule has 1 fully saturated rings. The summed E-state index contributed by atoms with van der Waals surface area (Å²) in [6.45, 7) is 2.39. The highest BCUT2D eigenvalue weighted by Crippen LogP contribution is 2.37. The molecule has 4 rings (SSSR count). The number of hydrogen-bond acceptors (Lipinski definition) is 6. The van der Waals surface area contributed by atoms with Crippen LogP contribution in [0.3, 0.4) is 0 Å². The maximum atomic E-state index is 9.89. The summed E-state index contributed by atoms with van der Waals surface area (Å²) in [6, 6.07) is 3.36. The fraction of sp³-hybridized carbons (Fsp3) is 0.524. The summed E-state index contributed by atoms with van der Waals surface area (Å²) >= 11 is 0. The van der Waals surface area contributed by atoms with E-state index in [0.717, 1.165) is 30.9 Å². The fourth-order valence-corrected chi connectivity index (χ4v) is 4.24. The zero-order valence-corrected chi connectivity index (χ0v) is 15.8. The van der Waals surface area contributed by atoms with Gasteiger partial charge in [-0.3, -0.25) is 4.90 Å². The predicted molar refractivity (Wildman–Crippen MR) is 102 cm³/mol. The lowest BCUT2D eigenvalue weighted by Crippen LogP contribution is -2.31. The van der Waals surface area contributed by atoms with E-state index >= 15 is 0 Å². The van der Waals surface area contributed by atoms with Gasteiger partial charge in [0, 0.05) is 49.4 Å². The van der Waals surface area contributed by atoms with E-state index in [0.29, 0.717) is 18.2 Å². The number of aromatic nitrogens is 2. The molecule has 6 heteroatoms. The van der Waals surface area contributed by atoms with Gasteiger partial charge in [0.15, 0.2) is 11.5 Å². The Morgan fingerprint density at radius 2 is 2.00 bits per heavy atom. The molecule has 0 amide bonds. The van der Waals surface area contributed by atoms with Gasteiger partial charge in [-0.2, -0.15) is 0 Å². The maximum absolute atomic E-state index is 9.89. The number of methoxy groups -OCH3 is 1. The predicted octanol–water partition coefficient (Wildman–Crippen LogP) is 3.50. The summed E-state index contributed by atoms with van der Waals surface area (Å²) in [5.41, 5.74) is 3.29. The normalized spacial score (nSPS) is 18.3. The summed E-state index contributed by atoms with van der Waals surface area (Å²) in [7, 11) is 1.48. The van der Waals surface area contributed by atoms with Gasteiger partial charge in [0.2, 0.25) is 5.75 Å². The number of benzene rings is 1. The van der Waals surface area contributed by atoms with Gasteiger partial charge in [-0.15, -0.1) is 0 Å². The Morgan fingerprint density at radius 3 is 2.78 bits per heavy atom. The summed E-state index contributed by atoms with van der Waals surface area (Å²) < 4.78 is 5.13. The van der Waals surface area contributed by atoms with Crippen molar-refractivity contribution in [2.45, 2.75) is 57.5 Å². The fourth-order valence-electron chi connectivity index (χ4n) is 4.24. The molecule has 0 atom stereocenters. The molecular formula is C21H27N3O3. The van der Waals surface area contributed by atoms with E-state index < -0.39 is 0 Å². The highest BCUT2D eigenvalue weighted by Gasteiger charge is 2.23. The number of ether oxygens (including phenoxy) is 1. The average molecular weight is 369 g/mol. The third-order valence-corrected chi connectivity index (χ3v) is 5.74. The first-order chi connectivity index (χ1) is 13.1. The minimum absolute atomic E-state index is 0.151. The Labute approximate surface area is 159 Å². The molecule has 2 aromatic rings. The zero-order chi connectivity index (χ0) is 18.8. The van der Waals surface area contributed by atoms with Crippen LogP contribution in [0, 0.1) is 0 Å². The van der Waals surface area contributed by atoms with Crippen LogP contribution in [-0.2, 0) is 19.5 Å². The number of hydrogen-bond donors (Lipinski definition) is 2. The molecule has 2 aliphatic rings. The second kappa shape index (κ2) is 7.72. The van der Waals surface area contributed by atoms with Gasteiger partial charge in [-0.1, -0.05) is 19.3 Å². The van der Waals surface area contributed by atoms with Gasteiger partial charge in [-0.05, 0) is 30.5 Å². The van der Waals surface area contributed by atoms with Gasteiger partial charge in [0.1, 0.15) is 5.82 Å². The number of nitrogens with zero attached hydrogens (tertiary/aromatic N) is 3. The Balaban J connectivity index is 1.46. The van der Waals surface area contributed by atoms with Crippen molar-refractivity contribution in [2.75, 3.05) is 13.7 Å². The minimum atomic E-state index is -0.214. The second-order valence-corrected chi connectivity index (χ2v) is 7.66. The summed E-state index contributed by atoms with van der Waals surface area (Å²) in [5, 5.41) is 19.7. The lowest BCUT2D eigenvalue weighted by Gasteiger charge is -2.29. The van der Waals surface area contributed by atoms with Crippen LogP contribution in [0.25, 0.3) is 0 Å². The van der Waals surface area contributed by atoms with Crippen LogP contribution >= 0.6 is 0 Å². The SMILES string of the molecule is COc1cc(CN2CCc3nc(C4CCCCC4)ncc3C2)cc(O)c1O. The largest absolute Gasteiger partial charge is 0.504 e. The van der Waals surface area contributed by atoms with Crippen LogP contribution in [0.2, 0.25) is 0 Å². The van der Waals surface area contributed by atoms with Gasteiger partial charge >= 0.3 is 0 Å². The first kappa shape index (κ1) is 18.0. The second-order valence-electron chi connectivity index (χ2n) is 7.66. The van der Waals surface area contributed by atoms with Gasteiger partial charge < -0.3 is 14.9 Å². The molecule has 1 aliphatic heterocycles. The molecule has 1 aliphatic carbocycles. The van der Waals surface area contributed by atoms with E-state index in [2.05, 4.69) is 9.88 Å². The van der Waals surface area contributed by atoms with Crippen molar-refractivity contribution in [1.82, 2.24) is 14.9 Å². The summed E-state index contributed by atoms with van der Waals surface area (Å²) in [5.74, 6) is 1.50. The number of fused-ring (bicyclic) bond motifs is 1. The standard InChI is InChI=1S/C21H27N3O3/c1-27-19-10-14(9-18(25)20(19)26)12-24-8-7-17-16(13-24)11-22-21(23-17)15-5-3-2-4-6-15/h9-11,15,25-26H,2-8,12-13H2,1H3. The lowest BCUT2D eigenvalue weighted by atomic mass is 9.88. The van der Waals surface area contributed by atoms with Crippen molar-refractivity contribution >= 4 is 0 Å².